The van der Waals surface area contributed by atoms with Crippen LogP contribution in [0.5, 0.6) is 11.5 Å². The molecule has 34 heavy (non-hydrogen) atoms. The Hall–Kier alpha value is -3.99. The number of amides is 1. The van der Waals surface area contributed by atoms with E-state index in [1.807, 2.05) is 31.2 Å². The van der Waals surface area contributed by atoms with Crippen molar-refractivity contribution < 1.29 is 14.5 Å². The summed E-state index contributed by atoms with van der Waals surface area (Å²) in [5.74, 6) is -0.0293. The van der Waals surface area contributed by atoms with Crippen molar-refractivity contribution in [1.82, 2.24) is 0 Å². The third-order valence-electron chi connectivity index (χ3n) is 4.50. The van der Waals surface area contributed by atoms with E-state index in [2.05, 4.69) is 37.2 Å². The smallest absolute Gasteiger partial charge is 0.271 e. The van der Waals surface area contributed by atoms with Crippen LogP contribution < -0.4 is 10.1 Å². The zero-order valence-corrected chi connectivity index (χ0v) is 20.7. The van der Waals surface area contributed by atoms with Crippen LogP contribution in [0.2, 0.25) is 0 Å². The Bertz CT molecular complexity index is 1380. The van der Waals surface area contributed by atoms with Crippen LogP contribution in [-0.2, 0) is 4.79 Å². The van der Waals surface area contributed by atoms with Crippen LogP contribution in [-0.4, -0.2) is 10.8 Å². The number of hydrogen-bond acceptors (Lipinski definition) is 6. The van der Waals surface area contributed by atoms with Gasteiger partial charge in [-0.25, -0.2) is 0 Å². The van der Waals surface area contributed by atoms with E-state index in [1.54, 1.807) is 24.3 Å². The Balaban J connectivity index is 1.78. The van der Waals surface area contributed by atoms with E-state index in [0.29, 0.717) is 25.9 Å². The average Bonchev–Trinajstić information content (AvgIpc) is 2.80. The number of anilines is 1. The summed E-state index contributed by atoms with van der Waals surface area (Å²) in [6.45, 7) is 1.91. The maximum Gasteiger partial charge on any atom is 0.271 e. The quantitative estimate of drug-likeness (QED) is 0.150. The molecular weight excluding hydrogens is 568 g/mol. The van der Waals surface area contributed by atoms with E-state index in [-0.39, 0.29) is 22.6 Å². The number of hydrogen-bond donors (Lipinski definition) is 1. The SMILES string of the molecule is Cc1cc(Br)c(NC(=O)/C(C#N)=C/c2ccc(Oc3ccc([N+](=O)[O-])cc3C#N)cc2)c(Br)c1. The van der Waals surface area contributed by atoms with Gasteiger partial charge in [-0.15, -0.1) is 0 Å². The molecule has 0 unspecified atom stereocenters. The summed E-state index contributed by atoms with van der Waals surface area (Å²) < 4.78 is 7.01. The van der Waals surface area contributed by atoms with Gasteiger partial charge in [0.15, 0.2) is 0 Å². The number of aryl methyl sites for hydroxylation is 1. The monoisotopic (exact) mass is 580 g/mol. The number of non-ortho nitro benzene ring substituents is 1. The van der Waals surface area contributed by atoms with Gasteiger partial charge in [0.05, 0.1) is 10.6 Å². The standard InChI is InChI=1S/C24H14Br2N4O4/c1-14-8-20(25)23(21(26)9-14)29-24(31)17(13-28)10-15-2-5-19(6-3-15)34-22-7-4-18(30(32)33)11-16(22)12-27/h2-11H,1H3,(H,29,31)/b17-10+. The van der Waals surface area contributed by atoms with Gasteiger partial charge in [0.1, 0.15) is 34.8 Å². The Kier molecular flexibility index (Phi) is 7.79. The number of rotatable bonds is 6. The first kappa shape index (κ1) is 24.6. The minimum atomic E-state index is -0.592. The van der Waals surface area contributed by atoms with Gasteiger partial charge in [-0.05, 0) is 86.3 Å². The molecule has 0 fully saturated rings. The first-order valence-electron chi connectivity index (χ1n) is 9.57. The van der Waals surface area contributed by atoms with Gasteiger partial charge in [-0.1, -0.05) is 12.1 Å². The number of nitrogens with zero attached hydrogens (tertiary/aromatic N) is 3. The maximum absolute atomic E-state index is 12.6. The zero-order chi connectivity index (χ0) is 24.8. The van der Waals surface area contributed by atoms with E-state index < -0.39 is 10.8 Å². The van der Waals surface area contributed by atoms with E-state index >= 15 is 0 Å². The molecule has 8 nitrogen and oxygen atoms in total. The van der Waals surface area contributed by atoms with Gasteiger partial charge in [0, 0.05) is 21.1 Å². The fourth-order valence-electron chi connectivity index (χ4n) is 2.88. The Morgan fingerprint density at radius 3 is 2.29 bits per heavy atom. The molecule has 3 aromatic rings. The molecule has 0 aliphatic heterocycles. The molecule has 3 aromatic carbocycles. The second-order valence-electron chi connectivity index (χ2n) is 6.95. The predicted molar refractivity (Wildman–Crippen MR) is 133 cm³/mol. The lowest BCUT2D eigenvalue weighted by Crippen LogP contribution is -2.14. The first-order valence-corrected chi connectivity index (χ1v) is 11.2. The summed E-state index contributed by atoms with van der Waals surface area (Å²) in [6.07, 6.45) is 1.43. The maximum atomic E-state index is 12.6. The molecule has 0 bridgehead atoms. The summed E-state index contributed by atoms with van der Waals surface area (Å²) in [5.41, 5.74) is 1.79. The molecule has 0 spiro atoms. The lowest BCUT2D eigenvalue weighted by atomic mass is 10.1. The highest BCUT2D eigenvalue weighted by atomic mass is 79.9. The lowest BCUT2D eigenvalue weighted by molar-refractivity contribution is -0.384. The van der Waals surface area contributed by atoms with Crippen LogP contribution in [0.1, 0.15) is 16.7 Å². The minimum absolute atomic E-state index is 0.0232. The first-order chi connectivity index (χ1) is 16.2. The molecule has 0 aliphatic rings. The van der Waals surface area contributed by atoms with Gasteiger partial charge in [-0.3, -0.25) is 14.9 Å². The Morgan fingerprint density at radius 2 is 1.74 bits per heavy atom. The highest BCUT2D eigenvalue weighted by molar-refractivity contribution is 9.11. The summed E-state index contributed by atoms with van der Waals surface area (Å²) in [7, 11) is 0. The number of nitro benzene ring substituents is 1. The molecule has 1 amide bonds. The molecule has 0 saturated carbocycles. The highest BCUT2D eigenvalue weighted by Crippen LogP contribution is 2.33. The van der Waals surface area contributed by atoms with Crippen molar-refractivity contribution in [1.29, 1.82) is 10.5 Å². The number of carbonyl (C=O) groups is 1. The van der Waals surface area contributed by atoms with Crippen LogP contribution >= 0.6 is 31.9 Å². The van der Waals surface area contributed by atoms with E-state index in [9.17, 15) is 25.4 Å². The number of nitro groups is 1. The molecule has 0 saturated heterocycles. The van der Waals surface area contributed by atoms with Crippen molar-refractivity contribution >= 4 is 55.2 Å². The second-order valence-corrected chi connectivity index (χ2v) is 8.66. The number of halogens is 2. The van der Waals surface area contributed by atoms with E-state index in [4.69, 9.17) is 4.74 Å². The van der Waals surface area contributed by atoms with Crippen LogP contribution in [0.15, 0.2) is 69.1 Å². The fourth-order valence-corrected chi connectivity index (χ4v) is 4.50. The van der Waals surface area contributed by atoms with Crippen LogP contribution in [0, 0.1) is 39.7 Å². The van der Waals surface area contributed by atoms with E-state index in [0.717, 1.165) is 11.6 Å². The lowest BCUT2D eigenvalue weighted by Gasteiger charge is -2.10. The summed E-state index contributed by atoms with van der Waals surface area (Å²) >= 11 is 6.81. The summed E-state index contributed by atoms with van der Waals surface area (Å²) in [5, 5.41) is 32.3. The van der Waals surface area contributed by atoms with Crippen molar-refractivity contribution in [3.63, 3.8) is 0 Å². The van der Waals surface area contributed by atoms with Crippen LogP contribution in [0.25, 0.3) is 6.08 Å². The van der Waals surface area contributed by atoms with Gasteiger partial charge in [-0.2, -0.15) is 10.5 Å². The third kappa shape index (κ3) is 5.87. The molecule has 1 N–H and O–H groups in total. The summed E-state index contributed by atoms with van der Waals surface area (Å²) in [6, 6.07) is 17.6. The second kappa shape index (κ2) is 10.8. The van der Waals surface area contributed by atoms with Crippen molar-refractivity contribution in [3.05, 3.63) is 95.9 Å². The average molecular weight is 582 g/mol. The number of benzene rings is 3. The molecule has 10 heteroatoms. The molecule has 0 atom stereocenters. The molecule has 168 valence electrons. The topological polar surface area (TPSA) is 129 Å². The molecule has 0 aliphatic carbocycles. The fraction of sp³-hybridized carbons (Fsp3) is 0.0417. The zero-order valence-electron chi connectivity index (χ0n) is 17.5. The third-order valence-corrected chi connectivity index (χ3v) is 5.75. The molecular formula is C24H14Br2N4O4. The van der Waals surface area contributed by atoms with Crippen molar-refractivity contribution in [2.75, 3.05) is 5.32 Å². The number of nitriles is 2. The number of nitrogens with one attached hydrogen (secondary N) is 1. The summed E-state index contributed by atoms with van der Waals surface area (Å²) in [4.78, 5) is 22.9. The number of ether oxygens (including phenoxy) is 1. The number of carbonyl (C=O) groups excluding carboxylic acids is 1. The molecule has 0 heterocycles. The Labute approximate surface area is 211 Å². The van der Waals surface area contributed by atoms with Crippen molar-refractivity contribution in [2.24, 2.45) is 0 Å². The molecule has 0 aromatic heterocycles. The van der Waals surface area contributed by atoms with Gasteiger partial charge < -0.3 is 10.1 Å². The minimum Gasteiger partial charge on any atom is -0.456 e. The van der Waals surface area contributed by atoms with Gasteiger partial charge in [0.25, 0.3) is 11.6 Å². The van der Waals surface area contributed by atoms with Crippen molar-refractivity contribution in [3.8, 4) is 23.6 Å². The van der Waals surface area contributed by atoms with Crippen molar-refractivity contribution in [2.45, 2.75) is 6.92 Å². The van der Waals surface area contributed by atoms with Crippen LogP contribution in [0.4, 0.5) is 11.4 Å². The molecule has 0 radical (unpaired) electrons. The van der Waals surface area contributed by atoms with E-state index in [1.165, 1.54) is 18.2 Å². The van der Waals surface area contributed by atoms with Crippen LogP contribution in [0.3, 0.4) is 0 Å². The van der Waals surface area contributed by atoms with Gasteiger partial charge in [0.2, 0.25) is 0 Å². The Morgan fingerprint density at radius 1 is 1.09 bits per heavy atom. The normalized spacial score (nSPS) is 10.7. The van der Waals surface area contributed by atoms with Gasteiger partial charge >= 0.3 is 0 Å². The predicted octanol–water partition coefficient (Wildman–Crippen LogP) is 6.64. The largest absolute Gasteiger partial charge is 0.456 e. The highest BCUT2D eigenvalue weighted by Gasteiger charge is 2.15. The molecule has 3 rings (SSSR count).